The van der Waals surface area contributed by atoms with Crippen LogP contribution in [0.15, 0.2) is 12.4 Å². The van der Waals surface area contributed by atoms with E-state index >= 15 is 0 Å². The summed E-state index contributed by atoms with van der Waals surface area (Å²) in [5.74, 6) is 0.535. The van der Waals surface area contributed by atoms with Crippen molar-refractivity contribution >= 4 is 11.8 Å². The maximum Gasteiger partial charge on any atom is 0.253 e. The van der Waals surface area contributed by atoms with Gasteiger partial charge in [0.25, 0.3) is 5.91 Å². The molecule has 2 rings (SSSR count). The third-order valence-corrected chi connectivity index (χ3v) is 3.29. The predicted molar refractivity (Wildman–Crippen MR) is 63.8 cm³/mol. The van der Waals surface area contributed by atoms with Crippen molar-refractivity contribution in [3.8, 4) is 0 Å². The normalized spacial score (nSPS) is 28.5. The summed E-state index contributed by atoms with van der Waals surface area (Å²) in [4.78, 5) is 25.7. The molecule has 94 valence electrons. The summed E-state index contributed by atoms with van der Waals surface area (Å²) >= 11 is 0. The van der Waals surface area contributed by atoms with E-state index in [9.17, 15) is 9.59 Å². The molecule has 2 heterocycles. The van der Waals surface area contributed by atoms with Gasteiger partial charge in [0, 0.05) is 12.0 Å². The molecule has 1 unspecified atom stereocenters. The lowest BCUT2D eigenvalue weighted by atomic mass is 9.94. The maximum absolute atomic E-state index is 12.1. The number of nitrogens with one attached hydrogen (secondary N) is 2. The van der Waals surface area contributed by atoms with E-state index in [0.717, 1.165) is 0 Å². The van der Waals surface area contributed by atoms with E-state index in [0.29, 0.717) is 25.3 Å². The Bertz CT molecular complexity index is 397. The van der Waals surface area contributed by atoms with E-state index in [2.05, 4.69) is 17.2 Å². The Labute approximate surface area is 101 Å². The van der Waals surface area contributed by atoms with E-state index < -0.39 is 11.0 Å². The molecule has 0 aromatic rings. The lowest BCUT2D eigenvalue weighted by Crippen LogP contribution is -2.50. The SMILES string of the molecule is C=C1NC(=O)C2(CCN(C(=O)C(C)(C)C)C2)N1. The first-order valence-corrected chi connectivity index (χ1v) is 5.82. The number of nitrogens with zero attached hydrogens (tertiary/aromatic N) is 1. The Morgan fingerprint density at radius 2 is 2.12 bits per heavy atom. The van der Waals surface area contributed by atoms with Crippen LogP contribution in [-0.4, -0.2) is 35.3 Å². The van der Waals surface area contributed by atoms with Crippen LogP contribution in [-0.2, 0) is 9.59 Å². The van der Waals surface area contributed by atoms with Gasteiger partial charge >= 0.3 is 0 Å². The van der Waals surface area contributed by atoms with Crippen LogP contribution in [0.25, 0.3) is 0 Å². The van der Waals surface area contributed by atoms with Crippen LogP contribution in [0.3, 0.4) is 0 Å². The van der Waals surface area contributed by atoms with E-state index in [1.807, 2.05) is 20.8 Å². The number of hydrogen-bond acceptors (Lipinski definition) is 3. The largest absolute Gasteiger partial charge is 0.356 e. The summed E-state index contributed by atoms with van der Waals surface area (Å²) in [5.41, 5.74) is -1.06. The summed E-state index contributed by atoms with van der Waals surface area (Å²) in [5, 5.41) is 5.73. The van der Waals surface area contributed by atoms with E-state index in [1.54, 1.807) is 4.90 Å². The molecule has 1 spiro atoms. The average molecular weight is 237 g/mol. The molecule has 2 N–H and O–H groups in total. The highest BCUT2D eigenvalue weighted by Crippen LogP contribution is 2.29. The number of rotatable bonds is 0. The molecule has 0 aromatic heterocycles. The van der Waals surface area contributed by atoms with Crippen molar-refractivity contribution < 1.29 is 9.59 Å². The molecular formula is C12H19N3O2. The zero-order valence-corrected chi connectivity index (χ0v) is 10.6. The molecule has 0 aromatic carbocycles. The van der Waals surface area contributed by atoms with Gasteiger partial charge in [-0.1, -0.05) is 27.4 Å². The number of hydrogen-bond donors (Lipinski definition) is 2. The fourth-order valence-corrected chi connectivity index (χ4v) is 2.38. The zero-order chi connectivity index (χ0) is 12.8. The zero-order valence-electron chi connectivity index (χ0n) is 10.6. The Kier molecular flexibility index (Phi) is 2.45. The number of likely N-dealkylation sites (tertiary alicyclic amines) is 1. The standard InChI is InChI=1S/C12H19N3O2/c1-8-13-9(16)12(14-8)5-6-15(7-12)10(17)11(2,3)4/h14H,1,5-7H2,2-4H3,(H,13,16). The van der Waals surface area contributed by atoms with Crippen molar-refractivity contribution in [2.45, 2.75) is 32.7 Å². The minimum Gasteiger partial charge on any atom is -0.356 e. The molecule has 2 fully saturated rings. The third kappa shape index (κ3) is 1.90. The molecule has 5 nitrogen and oxygen atoms in total. The van der Waals surface area contributed by atoms with Gasteiger partial charge in [-0.2, -0.15) is 0 Å². The average Bonchev–Trinajstić information content (AvgIpc) is 2.70. The van der Waals surface area contributed by atoms with Gasteiger partial charge in [-0.3, -0.25) is 9.59 Å². The van der Waals surface area contributed by atoms with Crippen molar-refractivity contribution in [1.82, 2.24) is 15.5 Å². The van der Waals surface area contributed by atoms with Gasteiger partial charge in [0.15, 0.2) is 0 Å². The first kappa shape index (κ1) is 12.0. The summed E-state index contributed by atoms with van der Waals surface area (Å²) < 4.78 is 0. The molecule has 0 radical (unpaired) electrons. The monoisotopic (exact) mass is 237 g/mol. The van der Waals surface area contributed by atoms with Gasteiger partial charge in [-0.25, -0.2) is 0 Å². The fraction of sp³-hybridized carbons (Fsp3) is 0.667. The Morgan fingerprint density at radius 1 is 1.47 bits per heavy atom. The Hall–Kier alpha value is -1.52. The summed E-state index contributed by atoms with van der Waals surface area (Å²) in [7, 11) is 0. The minimum atomic E-state index is -0.655. The smallest absolute Gasteiger partial charge is 0.253 e. The van der Waals surface area contributed by atoms with Gasteiger partial charge in [0.1, 0.15) is 5.54 Å². The third-order valence-electron chi connectivity index (χ3n) is 3.29. The summed E-state index contributed by atoms with van der Waals surface area (Å²) in [6, 6.07) is 0. The predicted octanol–water partition coefficient (Wildman–Crippen LogP) is 0.194. The molecule has 17 heavy (non-hydrogen) atoms. The quantitative estimate of drug-likeness (QED) is 0.632. The highest BCUT2D eigenvalue weighted by molar-refractivity contribution is 5.93. The van der Waals surface area contributed by atoms with Crippen LogP contribution < -0.4 is 10.6 Å². The maximum atomic E-state index is 12.1. The van der Waals surface area contributed by atoms with Crippen LogP contribution >= 0.6 is 0 Å². The van der Waals surface area contributed by atoms with Crippen LogP contribution in [0.2, 0.25) is 0 Å². The van der Waals surface area contributed by atoms with Crippen LogP contribution in [0.5, 0.6) is 0 Å². The molecule has 2 amide bonds. The summed E-state index contributed by atoms with van der Waals surface area (Å²) in [6.45, 7) is 10.4. The lowest BCUT2D eigenvalue weighted by Gasteiger charge is -2.27. The molecule has 2 aliphatic rings. The van der Waals surface area contributed by atoms with Crippen molar-refractivity contribution in [3.05, 3.63) is 12.4 Å². The first-order valence-electron chi connectivity index (χ1n) is 5.82. The van der Waals surface area contributed by atoms with Crippen molar-refractivity contribution in [3.63, 3.8) is 0 Å². The van der Waals surface area contributed by atoms with Crippen molar-refractivity contribution in [2.75, 3.05) is 13.1 Å². The second-order valence-electron chi connectivity index (χ2n) is 5.87. The van der Waals surface area contributed by atoms with E-state index in [4.69, 9.17) is 0 Å². The van der Waals surface area contributed by atoms with Gasteiger partial charge < -0.3 is 15.5 Å². The van der Waals surface area contributed by atoms with Crippen molar-refractivity contribution in [2.24, 2.45) is 5.41 Å². The van der Waals surface area contributed by atoms with Crippen LogP contribution in [0, 0.1) is 5.41 Å². The molecule has 5 heteroatoms. The number of amides is 2. The van der Waals surface area contributed by atoms with Gasteiger partial charge in [-0.05, 0) is 6.42 Å². The number of carbonyl (C=O) groups is 2. The molecule has 2 saturated heterocycles. The molecule has 1 atom stereocenters. The topological polar surface area (TPSA) is 61.4 Å². The van der Waals surface area contributed by atoms with Crippen LogP contribution in [0.4, 0.5) is 0 Å². The number of carbonyl (C=O) groups excluding carboxylic acids is 2. The molecule has 0 aliphatic carbocycles. The lowest BCUT2D eigenvalue weighted by molar-refractivity contribution is -0.138. The fourth-order valence-electron chi connectivity index (χ4n) is 2.38. The van der Waals surface area contributed by atoms with Gasteiger partial charge in [0.05, 0.1) is 12.4 Å². The second-order valence-corrected chi connectivity index (χ2v) is 5.87. The highest BCUT2D eigenvalue weighted by Gasteiger charge is 2.50. The van der Waals surface area contributed by atoms with E-state index in [1.165, 1.54) is 0 Å². The molecule has 2 aliphatic heterocycles. The first-order chi connectivity index (χ1) is 7.74. The Morgan fingerprint density at radius 3 is 2.59 bits per heavy atom. The minimum absolute atomic E-state index is 0.0771. The van der Waals surface area contributed by atoms with Crippen LogP contribution in [0.1, 0.15) is 27.2 Å². The van der Waals surface area contributed by atoms with E-state index in [-0.39, 0.29) is 11.8 Å². The molecule has 0 bridgehead atoms. The molecule has 0 saturated carbocycles. The van der Waals surface area contributed by atoms with Gasteiger partial charge in [0.2, 0.25) is 5.91 Å². The van der Waals surface area contributed by atoms with Crippen molar-refractivity contribution in [1.29, 1.82) is 0 Å². The highest BCUT2D eigenvalue weighted by atomic mass is 16.2. The second kappa shape index (κ2) is 3.48. The van der Waals surface area contributed by atoms with Gasteiger partial charge in [-0.15, -0.1) is 0 Å². The Balaban J connectivity index is 2.13. The summed E-state index contributed by atoms with van der Waals surface area (Å²) in [6.07, 6.45) is 0.639. The molecular weight excluding hydrogens is 218 g/mol.